The summed E-state index contributed by atoms with van der Waals surface area (Å²) in [5, 5.41) is 0. The van der Waals surface area contributed by atoms with Crippen molar-refractivity contribution >= 4 is 6.21 Å². The van der Waals surface area contributed by atoms with E-state index in [-0.39, 0.29) is 6.42 Å². The van der Waals surface area contributed by atoms with Gasteiger partial charge in [0.1, 0.15) is 0 Å². The first-order valence-corrected chi connectivity index (χ1v) is 2.98. The van der Waals surface area contributed by atoms with E-state index in [0.717, 1.165) is 0 Å². The minimum absolute atomic E-state index is 0.343. The highest BCUT2D eigenvalue weighted by Crippen LogP contribution is 2.09. The minimum atomic E-state index is -2.37. The van der Waals surface area contributed by atoms with Gasteiger partial charge in [0.25, 0.3) is 0 Å². The summed E-state index contributed by atoms with van der Waals surface area (Å²) in [4.78, 5) is 3.58. The summed E-state index contributed by atoms with van der Waals surface area (Å²) in [6.45, 7) is 1.52. The molecule has 60 valence electrons. The van der Waals surface area contributed by atoms with E-state index in [0.29, 0.717) is 0 Å². The van der Waals surface area contributed by atoms with E-state index in [4.69, 9.17) is 5.73 Å². The zero-order chi connectivity index (χ0) is 8.20. The van der Waals surface area contributed by atoms with Crippen LogP contribution in [0.1, 0.15) is 13.3 Å². The molecule has 0 aliphatic carbocycles. The van der Waals surface area contributed by atoms with Crippen LogP contribution in [0.5, 0.6) is 0 Å². The Kier molecular flexibility index (Phi) is 3.42. The molecule has 2 N–H and O–H groups in total. The smallest absolute Gasteiger partial charge is 0.240 e. The number of halogens is 2. The zero-order valence-corrected chi connectivity index (χ0v) is 6.14. The Morgan fingerprint density at radius 2 is 2.20 bits per heavy atom. The molecular formula is C6H12F2N2. The summed E-state index contributed by atoms with van der Waals surface area (Å²) in [5.41, 5.74) is 4.43. The van der Waals surface area contributed by atoms with E-state index in [1.165, 1.54) is 20.2 Å². The van der Waals surface area contributed by atoms with E-state index >= 15 is 0 Å². The molecule has 1 atom stereocenters. The highest BCUT2D eigenvalue weighted by Gasteiger charge is 2.20. The number of nitrogens with zero attached hydrogens (tertiary/aromatic N) is 1. The number of aliphatic imine (C=N–C) groups is 1. The summed E-state index contributed by atoms with van der Waals surface area (Å²) in [5.74, 6) is 0. The van der Waals surface area contributed by atoms with Crippen LogP contribution in [-0.4, -0.2) is 25.2 Å². The van der Waals surface area contributed by atoms with Gasteiger partial charge in [-0.05, 0) is 6.92 Å². The van der Waals surface area contributed by atoms with Crippen LogP contribution >= 0.6 is 0 Å². The minimum Gasteiger partial charge on any atom is -0.321 e. The van der Waals surface area contributed by atoms with Gasteiger partial charge in [0.15, 0.2) is 0 Å². The summed E-state index contributed by atoms with van der Waals surface area (Å²) in [6.07, 6.45) is -1.38. The molecule has 0 rings (SSSR count). The third kappa shape index (κ3) is 4.38. The van der Waals surface area contributed by atoms with Gasteiger partial charge < -0.3 is 5.73 Å². The van der Waals surface area contributed by atoms with Crippen molar-refractivity contribution in [3.05, 3.63) is 0 Å². The predicted molar refractivity (Wildman–Crippen MR) is 37.6 cm³/mol. The lowest BCUT2D eigenvalue weighted by atomic mass is 10.0. The molecule has 0 aliphatic heterocycles. The van der Waals surface area contributed by atoms with E-state index in [1.807, 2.05) is 0 Å². The van der Waals surface area contributed by atoms with Gasteiger partial charge in [-0.25, -0.2) is 8.78 Å². The van der Waals surface area contributed by atoms with Crippen LogP contribution < -0.4 is 5.73 Å². The van der Waals surface area contributed by atoms with Crippen LogP contribution in [0.15, 0.2) is 4.99 Å². The number of hydrogen-bond donors (Lipinski definition) is 1. The average molecular weight is 150 g/mol. The summed E-state index contributed by atoms with van der Waals surface area (Å²) in [7, 11) is 1.51. The van der Waals surface area contributed by atoms with Gasteiger partial charge in [0.2, 0.25) is 6.43 Å². The second-order valence-electron chi connectivity index (χ2n) is 2.49. The molecule has 0 fully saturated rings. The monoisotopic (exact) mass is 150 g/mol. The van der Waals surface area contributed by atoms with Crippen molar-refractivity contribution in [2.24, 2.45) is 10.7 Å². The average Bonchev–Trinajstić information content (AvgIpc) is 1.59. The van der Waals surface area contributed by atoms with Crippen LogP contribution in [0.2, 0.25) is 0 Å². The Hall–Kier alpha value is -0.510. The van der Waals surface area contributed by atoms with Gasteiger partial charge in [-0.2, -0.15) is 0 Å². The van der Waals surface area contributed by atoms with Gasteiger partial charge in [-0.1, -0.05) is 0 Å². The predicted octanol–water partition coefficient (Wildman–Crippen LogP) is 1.06. The van der Waals surface area contributed by atoms with Crippen molar-refractivity contribution in [1.29, 1.82) is 0 Å². The zero-order valence-electron chi connectivity index (χ0n) is 6.14. The van der Waals surface area contributed by atoms with Crippen LogP contribution in [0.25, 0.3) is 0 Å². The molecule has 0 aromatic rings. The number of hydrogen-bond acceptors (Lipinski definition) is 2. The van der Waals surface area contributed by atoms with Crippen molar-refractivity contribution in [2.45, 2.75) is 25.3 Å². The first kappa shape index (κ1) is 9.49. The normalized spacial score (nSPS) is 18.2. The maximum Gasteiger partial charge on any atom is 0.240 e. The van der Waals surface area contributed by atoms with Crippen molar-refractivity contribution in [1.82, 2.24) is 0 Å². The van der Waals surface area contributed by atoms with Gasteiger partial charge in [-0.3, -0.25) is 4.99 Å². The molecule has 0 saturated carbocycles. The molecule has 2 nitrogen and oxygen atoms in total. The molecule has 0 aromatic heterocycles. The van der Waals surface area contributed by atoms with E-state index in [2.05, 4.69) is 4.99 Å². The Bertz CT molecular complexity index is 121. The second kappa shape index (κ2) is 3.61. The fourth-order valence-electron chi connectivity index (χ4n) is 0.680. The summed E-state index contributed by atoms with van der Waals surface area (Å²) in [6, 6.07) is 0. The van der Waals surface area contributed by atoms with Gasteiger partial charge in [0, 0.05) is 19.7 Å². The third-order valence-electron chi connectivity index (χ3n) is 1.02. The van der Waals surface area contributed by atoms with E-state index < -0.39 is 12.0 Å². The topological polar surface area (TPSA) is 38.4 Å². The Balaban J connectivity index is 3.86. The van der Waals surface area contributed by atoms with Gasteiger partial charge in [-0.15, -0.1) is 0 Å². The molecule has 1 unspecified atom stereocenters. The van der Waals surface area contributed by atoms with Crippen molar-refractivity contribution in [3.63, 3.8) is 0 Å². The lowest BCUT2D eigenvalue weighted by molar-refractivity contribution is 0.123. The number of alkyl halides is 2. The molecular weight excluding hydrogens is 138 g/mol. The standard InChI is InChI=1S/C6H12F2N2/c1-6(9,4-10-2)3-5(7)8/h4-5H,3,9H2,1-2H3/b10-4+. The maximum absolute atomic E-state index is 11.7. The highest BCUT2D eigenvalue weighted by atomic mass is 19.3. The van der Waals surface area contributed by atoms with Crippen LogP contribution in [-0.2, 0) is 0 Å². The van der Waals surface area contributed by atoms with E-state index in [1.54, 1.807) is 0 Å². The van der Waals surface area contributed by atoms with Gasteiger partial charge in [0.05, 0.1) is 5.54 Å². The number of nitrogens with two attached hydrogens (primary N) is 1. The molecule has 0 spiro atoms. The molecule has 0 radical (unpaired) electrons. The quantitative estimate of drug-likeness (QED) is 0.600. The van der Waals surface area contributed by atoms with E-state index in [9.17, 15) is 8.78 Å². The fourth-order valence-corrected chi connectivity index (χ4v) is 0.680. The SMILES string of the molecule is C/N=C/C(C)(N)CC(F)F. The molecule has 0 amide bonds. The lowest BCUT2D eigenvalue weighted by Gasteiger charge is -2.17. The summed E-state index contributed by atoms with van der Waals surface area (Å²) >= 11 is 0. The third-order valence-corrected chi connectivity index (χ3v) is 1.02. The van der Waals surface area contributed by atoms with Crippen LogP contribution in [0.3, 0.4) is 0 Å². The Labute approximate surface area is 59.1 Å². The lowest BCUT2D eigenvalue weighted by Crippen LogP contribution is -2.39. The second-order valence-corrected chi connectivity index (χ2v) is 2.49. The fraction of sp³-hybridized carbons (Fsp3) is 0.833. The largest absolute Gasteiger partial charge is 0.321 e. The Morgan fingerprint density at radius 1 is 1.70 bits per heavy atom. The first-order chi connectivity index (χ1) is 4.48. The molecule has 0 heterocycles. The first-order valence-electron chi connectivity index (χ1n) is 2.98. The molecule has 0 aliphatic rings. The van der Waals surface area contributed by atoms with Crippen molar-refractivity contribution in [2.75, 3.05) is 7.05 Å². The number of rotatable bonds is 3. The molecule has 0 bridgehead atoms. The summed E-state index contributed by atoms with van der Waals surface area (Å²) < 4.78 is 23.4. The highest BCUT2D eigenvalue weighted by molar-refractivity contribution is 5.68. The molecule has 0 aromatic carbocycles. The molecule has 4 heteroatoms. The van der Waals surface area contributed by atoms with Crippen molar-refractivity contribution in [3.8, 4) is 0 Å². The maximum atomic E-state index is 11.7. The van der Waals surface area contributed by atoms with Crippen LogP contribution in [0.4, 0.5) is 8.78 Å². The van der Waals surface area contributed by atoms with Crippen LogP contribution in [0, 0.1) is 0 Å². The Morgan fingerprint density at radius 3 is 2.50 bits per heavy atom. The molecule has 0 saturated heterocycles. The van der Waals surface area contributed by atoms with Crippen molar-refractivity contribution < 1.29 is 8.78 Å². The van der Waals surface area contributed by atoms with Gasteiger partial charge >= 0.3 is 0 Å². The molecule has 10 heavy (non-hydrogen) atoms.